The van der Waals surface area contributed by atoms with Gasteiger partial charge in [0.25, 0.3) is 0 Å². The van der Waals surface area contributed by atoms with Crippen molar-refractivity contribution in [3.05, 3.63) is 47.5 Å². The molecule has 1 aliphatic heterocycles. The predicted molar refractivity (Wildman–Crippen MR) is 85.3 cm³/mol. The van der Waals surface area contributed by atoms with Gasteiger partial charge in [0, 0.05) is 37.1 Å². The Hall–Kier alpha value is -1.88. The van der Waals surface area contributed by atoms with Crippen LogP contribution in [0.4, 0.5) is 5.13 Å². The van der Waals surface area contributed by atoms with Crippen LogP contribution in [0, 0.1) is 5.92 Å². The molecule has 0 spiro atoms. The molecule has 0 saturated carbocycles. The van der Waals surface area contributed by atoms with Gasteiger partial charge in [-0.3, -0.25) is 4.79 Å². The zero-order valence-corrected chi connectivity index (χ0v) is 12.7. The smallest absolute Gasteiger partial charge is 0.223 e. The average Bonchev–Trinajstić information content (AvgIpc) is 3.08. The van der Waals surface area contributed by atoms with Crippen molar-refractivity contribution in [2.45, 2.75) is 19.4 Å². The van der Waals surface area contributed by atoms with Gasteiger partial charge in [0.15, 0.2) is 5.13 Å². The Kier molecular flexibility index (Phi) is 4.50. The van der Waals surface area contributed by atoms with E-state index in [-0.39, 0.29) is 11.8 Å². The lowest BCUT2D eigenvalue weighted by molar-refractivity contribution is -0.125. The van der Waals surface area contributed by atoms with Crippen molar-refractivity contribution in [1.29, 1.82) is 0 Å². The van der Waals surface area contributed by atoms with E-state index in [1.165, 1.54) is 0 Å². The highest BCUT2D eigenvalue weighted by atomic mass is 32.1. The van der Waals surface area contributed by atoms with Crippen molar-refractivity contribution < 1.29 is 4.79 Å². The Balaban J connectivity index is 1.47. The highest BCUT2D eigenvalue weighted by Crippen LogP contribution is 2.24. The molecule has 2 heterocycles. The number of hydrogen-bond donors (Lipinski definition) is 1. The first-order valence-corrected chi connectivity index (χ1v) is 8.17. The zero-order valence-electron chi connectivity index (χ0n) is 11.9. The van der Waals surface area contributed by atoms with Gasteiger partial charge in [0.05, 0.1) is 0 Å². The first-order chi connectivity index (χ1) is 10.3. The number of carbonyl (C=O) groups excluding carboxylic acids is 1. The number of anilines is 1. The molecule has 5 heteroatoms. The average molecular weight is 301 g/mol. The van der Waals surface area contributed by atoms with Gasteiger partial charge < -0.3 is 10.2 Å². The molecule has 2 aromatic rings. The van der Waals surface area contributed by atoms with E-state index < -0.39 is 0 Å². The number of aromatic nitrogens is 1. The van der Waals surface area contributed by atoms with Gasteiger partial charge in [-0.25, -0.2) is 4.98 Å². The maximum absolute atomic E-state index is 12.2. The van der Waals surface area contributed by atoms with Crippen molar-refractivity contribution in [1.82, 2.24) is 10.3 Å². The number of hydrogen-bond acceptors (Lipinski definition) is 4. The Labute approximate surface area is 128 Å². The number of piperidine rings is 1. The van der Waals surface area contributed by atoms with Crippen LogP contribution in [-0.4, -0.2) is 24.0 Å². The molecule has 3 rings (SSSR count). The van der Waals surface area contributed by atoms with E-state index in [4.69, 9.17) is 0 Å². The van der Waals surface area contributed by atoms with Crippen molar-refractivity contribution in [3.63, 3.8) is 0 Å². The van der Waals surface area contributed by atoms with Crippen LogP contribution in [0.25, 0.3) is 0 Å². The lowest BCUT2D eigenvalue weighted by atomic mass is 9.96. The van der Waals surface area contributed by atoms with Crippen LogP contribution in [0.1, 0.15) is 18.4 Å². The van der Waals surface area contributed by atoms with Gasteiger partial charge >= 0.3 is 0 Å². The second-order valence-electron chi connectivity index (χ2n) is 5.28. The van der Waals surface area contributed by atoms with Gasteiger partial charge in [0.1, 0.15) is 0 Å². The molecule has 1 aliphatic rings. The first kappa shape index (κ1) is 14.1. The maximum Gasteiger partial charge on any atom is 0.223 e. The minimum atomic E-state index is 0.130. The fourth-order valence-corrected chi connectivity index (χ4v) is 3.33. The quantitative estimate of drug-likeness (QED) is 0.944. The SMILES string of the molecule is O=C(NCc1ccccc1)C1CCN(c2nccs2)CC1. The fraction of sp³-hybridized carbons (Fsp3) is 0.375. The van der Waals surface area contributed by atoms with Crippen LogP contribution in [0.3, 0.4) is 0 Å². The monoisotopic (exact) mass is 301 g/mol. The number of nitrogens with one attached hydrogen (secondary N) is 1. The fourth-order valence-electron chi connectivity index (χ4n) is 2.63. The molecule has 21 heavy (non-hydrogen) atoms. The molecule has 110 valence electrons. The molecule has 1 aromatic heterocycles. The normalized spacial score (nSPS) is 15.9. The van der Waals surface area contributed by atoms with E-state index >= 15 is 0 Å². The van der Waals surface area contributed by atoms with Crippen molar-refractivity contribution >= 4 is 22.4 Å². The third-order valence-corrected chi connectivity index (χ3v) is 4.70. The first-order valence-electron chi connectivity index (χ1n) is 7.29. The predicted octanol–water partition coefficient (Wildman–Crippen LogP) is 2.68. The number of nitrogens with zero attached hydrogens (tertiary/aromatic N) is 2. The van der Waals surface area contributed by atoms with Crippen molar-refractivity contribution in [2.75, 3.05) is 18.0 Å². The third-order valence-electron chi connectivity index (χ3n) is 3.87. The van der Waals surface area contributed by atoms with Gasteiger partial charge in [0.2, 0.25) is 5.91 Å². The molecular formula is C16H19N3OS. The molecule has 4 nitrogen and oxygen atoms in total. The molecular weight excluding hydrogens is 282 g/mol. The van der Waals surface area contributed by atoms with Gasteiger partial charge in [-0.05, 0) is 18.4 Å². The van der Waals surface area contributed by atoms with Crippen LogP contribution in [0.2, 0.25) is 0 Å². The second kappa shape index (κ2) is 6.72. The number of carbonyl (C=O) groups is 1. The Morgan fingerprint density at radius 2 is 2.05 bits per heavy atom. The summed E-state index contributed by atoms with van der Waals surface area (Å²) in [6.07, 6.45) is 3.64. The standard InChI is InChI=1S/C16H19N3OS/c20-15(18-12-13-4-2-1-3-5-13)14-6-9-19(10-7-14)16-17-8-11-21-16/h1-5,8,11,14H,6-7,9-10,12H2,(H,18,20). The zero-order chi connectivity index (χ0) is 14.5. The molecule has 0 radical (unpaired) electrons. The minimum absolute atomic E-state index is 0.130. The molecule has 1 amide bonds. The largest absolute Gasteiger partial charge is 0.352 e. The lowest BCUT2D eigenvalue weighted by Crippen LogP contribution is -2.40. The van der Waals surface area contributed by atoms with Crippen molar-refractivity contribution in [2.24, 2.45) is 5.92 Å². The second-order valence-corrected chi connectivity index (χ2v) is 6.15. The van der Waals surface area contributed by atoms with Gasteiger partial charge in [-0.1, -0.05) is 30.3 Å². The summed E-state index contributed by atoms with van der Waals surface area (Å²) in [4.78, 5) is 18.8. The molecule has 1 aromatic carbocycles. The number of benzene rings is 1. The molecule has 1 N–H and O–H groups in total. The summed E-state index contributed by atoms with van der Waals surface area (Å²) in [5, 5.41) is 6.11. The summed E-state index contributed by atoms with van der Waals surface area (Å²) in [7, 11) is 0. The van der Waals surface area contributed by atoms with E-state index in [0.717, 1.165) is 36.6 Å². The molecule has 1 fully saturated rings. The Morgan fingerprint density at radius 1 is 1.29 bits per heavy atom. The van der Waals surface area contributed by atoms with Crippen molar-refractivity contribution in [3.8, 4) is 0 Å². The molecule has 0 bridgehead atoms. The summed E-state index contributed by atoms with van der Waals surface area (Å²) < 4.78 is 0. The summed E-state index contributed by atoms with van der Waals surface area (Å²) >= 11 is 1.66. The summed E-state index contributed by atoms with van der Waals surface area (Å²) in [6.45, 7) is 2.44. The topological polar surface area (TPSA) is 45.2 Å². The van der Waals surface area contributed by atoms with Crippen LogP contribution >= 0.6 is 11.3 Å². The van der Waals surface area contributed by atoms with Crippen LogP contribution in [0.5, 0.6) is 0 Å². The molecule has 0 aliphatic carbocycles. The number of amides is 1. The van der Waals surface area contributed by atoms with Crippen LogP contribution in [-0.2, 0) is 11.3 Å². The molecule has 0 atom stereocenters. The van der Waals surface area contributed by atoms with Crippen LogP contribution < -0.4 is 10.2 Å². The van der Waals surface area contributed by atoms with E-state index in [9.17, 15) is 4.79 Å². The van der Waals surface area contributed by atoms with E-state index in [1.807, 2.05) is 41.9 Å². The Bertz CT molecular complexity index is 562. The van der Waals surface area contributed by atoms with E-state index in [0.29, 0.717) is 6.54 Å². The minimum Gasteiger partial charge on any atom is -0.352 e. The van der Waals surface area contributed by atoms with Crippen LogP contribution in [0.15, 0.2) is 41.9 Å². The number of rotatable bonds is 4. The van der Waals surface area contributed by atoms with E-state index in [1.54, 1.807) is 11.3 Å². The number of thiazole rings is 1. The summed E-state index contributed by atoms with van der Waals surface area (Å²) in [6, 6.07) is 10.0. The van der Waals surface area contributed by atoms with Gasteiger partial charge in [-0.2, -0.15) is 0 Å². The highest BCUT2D eigenvalue weighted by Gasteiger charge is 2.25. The summed E-state index contributed by atoms with van der Waals surface area (Å²) in [5.74, 6) is 0.308. The highest BCUT2D eigenvalue weighted by molar-refractivity contribution is 7.13. The van der Waals surface area contributed by atoms with Gasteiger partial charge in [-0.15, -0.1) is 11.3 Å². The van der Waals surface area contributed by atoms with E-state index in [2.05, 4.69) is 15.2 Å². The lowest BCUT2D eigenvalue weighted by Gasteiger charge is -2.31. The molecule has 1 saturated heterocycles. The maximum atomic E-state index is 12.2. The third kappa shape index (κ3) is 3.61. The molecule has 0 unspecified atom stereocenters. The Morgan fingerprint density at radius 3 is 2.71 bits per heavy atom. The summed E-state index contributed by atoms with van der Waals surface area (Å²) in [5.41, 5.74) is 1.14.